The van der Waals surface area contributed by atoms with Crippen LogP contribution in [0.15, 0.2) is 18.2 Å². The van der Waals surface area contributed by atoms with Crippen molar-refractivity contribution in [1.29, 1.82) is 5.26 Å². The second kappa shape index (κ2) is 6.06. The van der Waals surface area contributed by atoms with Gasteiger partial charge in [0.1, 0.15) is 11.6 Å². The van der Waals surface area contributed by atoms with Gasteiger partial charge >= 0.3 is 6.09 Å². The third-order valence-corrected chi connectivity index (χ3v) is 3.22. The number of carbonyl (C=O) groups excluding carboxylic acids is 2. The number of Topliss-reactive ketones (excluding diaryl/α,β-unsaturated/α-hetero) is 1. The lowest BCUT2D eigenvalue weighted by atomic mass is 10.00. The number of hydrogen-bond acceptors (Lipinski definition) is 5. The molecule has 2 rings (SSSR count). The Bertz CT molecular complexity index is 641. The lowest BCUT2D eigenvalue weighted by molar-refractivity contribution is -0.120. The summed E-state index contributed by atoms with van der Waals surface area (Å²) in [4.78, 5) is 24.1. The predicted molar refractivity (Wildman–Crippen MR) is 81.5 cm³/mol. The first kappa shape index (κ1) is 15.8. The van der Waals surface area contributed by atoms with Gasteiger partial charge in [-0.25, -0.2) is 4.79 Å². The number of carbonyl (C=O) groups is 2. The topological polar surface area (TPSA) is 91.2 Å². The Balaban J connectivity index is 2.12. The number of anilines is 1. The first-order chi connectivity index (χ1) is 10.3. The third-order valence-electron chi connectivity index (χ3n) is 3.22. The van der Waals surface area contributed by atoms with Crippen LogP contribution in [0.5, 0.6) is 0 Å². The Hall–Kier alpha value is -2.55. The van der Waals surface area contributed by atoms with Crippen molar-refractivity contribution < 1.29 is 14.3 Å². The molecule has 0 unspecified atom stereocenters. The lowest BCUT2D eigenvalue weighted by Crippen LogP contribution is -2.46. The fourth-order valence-electron chi connectivity index (χ4n) is 2.25. The Morgan fingerprint density at radius 2 is 2.18 bits per heavy atom. The molecule has 0 aromatic heterocycles. The molecule has 0 saturated carbocycles. The van der Waals surface area contributed by atoms with Crippen molar-refractivity contribution in [3.8, 4) is 6.07 Å². The molecule has 1 heterocycles. The van der Waals surface area contributed by atoms with Crippen molar-refractivity contribution in [2.45, 2.75) is 38.8 Å². The molecule has 6 nitrogen and oxygen atoms in total. The summed E-state index contributed by atoms with van der Waals surface area (Å²) >= 11 is 0. The van der Waals surface area contributed by atoms with Crippen molar-refractivity contribution in [2.75, 3.05) is 11.9 Å². The Kier molecular flexibility index (Phi) is 4.36. The maximum Gasteiger partial charge on any atom is 0.408 e. The van der Waals surface area contributed by atoms with Gasteiger partial charge in [0.15, 0.2) is 5.78 Å². The van der Waals surface area contributed by atoms with E-state index in [1.165, 1.54) is 0 Å². The summed E-state index contributed by atoms with van der Waals surface area (Å²) in [7, 11) is 0. The zero-order chi connectivity index (χ0) is 16.3. The summed E-state index contributed by atoms with van der Waals surface area (Å²) in [6.45, 7) is 5.54. The highest BCUT2D eigenvalue weighted by atomic mass is 16.6. The summed E-state index contributed by atoms with van der Waals surface area (Å²) in [5.74, 6) is -0.153. The number of amides is 1. The number of hydrogen-bond donors (Lipinski definition) is 2. The average Bonchev–Trinajstić information content (AvgIpc) is 2.56. The zero-order valence-electron chi connectivity index (χ0n) is 12.9. The minimum Gasteiger partial charge on any atom is -0.444 e. The van der Waals surface area contributed by atoms with Gasteiger partial charge in [0, 0.05) is 24.2 Å². The van der Waals surface area contributed by atoms with Gasteiger partial charge < -0.3 is 15.4 Å². The SMILES string of the molecule is CC(C)(C)OC(=O)N[C@H]1CNc2cccc(C#N)c2CC1=O. The van der Waals surface area contributed by atoms with E-state index in [0.29, 0.717) is 11.1 Å². The van der Waals surface area contributed by atoms with E-state index in [4.69, 9.17) is 10.00 Å². The number of nitrogens with one attached hydrogen (secondary N) is 2. The van der Waals surface area contributed by atoms with Gasteiger partial charge in [-0.15, -0.1) is 0 Å². The summed E-state index contributed by atoms with van der Waals surface area (Å²) in [6, 6.07) is 6.65. The molecular weight excluding hydrogens is 282 g/mol. The molecule has 0 saturated heterocycles. The van der Waals surface area contributed by atoms with Crippen LogP contribution in [0.1, 0.15) is 31.9 Å². The Morgan fingerprint density at radius 3 is 2.82 bits per heavy atom. The monoisotopic (exact) mass is 301 g/mol. The molecule has 2 N–H and O–H groups in total. The average molecular weight is 301 g/mol. The second-order valence-corrected chi connectivity index (χ2v) is 6.17. The molecule has 0 aliphatic carbocycles. The van der Waals surface area contributed by atoms with E-state index in [1.807, 2.05) is 6.07 Å². The highest BCUT2D eigenvalue weighted by Crippen LogP contribution is 2.23. The maximum atomic E-state index is 12.3. The molecule has 0 spiro atoms. The van der Waals surface area contributed by atoms with Crippen LogP contribution in [0.4, 0.5) is 10.5 Å². The molecule has 0 bridgehead atoms. The van der Waals surface area contributed by atoms with Gasteiger partial charge in [-0.05, 0) is 32.9 Å². The third kappa shape index (κ3) is 3.76. The van der Waals surface area contributed by atoms with Crippen LogP contribution in [0.25, 0.3) is 0 Å². The van der Waals surface area contributed by atoms with E-state index in [9.17, 15) is 9.59 Å². The summed E-state index contributed by atoms with van der Waals surface area (Å²) in [5.41, 5.74) is 1.27. The molecular formula is C16H19N3O3. The van der Waals surface area contributed by atoms with Gasteiger partial charge in [-0.1, -0.05) is 6.07 Å². The fraction of sp³-hybridized carbons (Fsp3) is 0.438. The van der Waals surface area contributed by atoms with Crippen LogP contribution >= 0.6 is 0 Å². The molecule has 1 aromatic carbocycles. The molecule has 1 aliphatic heterocycles. The summed E-state index contributed by atoms with van der Waals surface area (Å²) in [6.07, 6.45) is -0.522. The second-order valence-electron chi connectivity index (χ2n) is 6.17. The van der Waals surface area contributed by atoms with Crippen LogP contribution in [0.2, 0.25) is 0 Å². The first-order valence-corrected chi connectivity index (χ1v) is 7.08. The highest BCUT2D eigenvalue weighted by Gasteiger charge is 2.28. The highest BCUT2D eigenvalue weighted by molar-refractivity contribution is 5.92. The number of benzene rings is 1. The Morgan fingerprint density at radius 1 is 1.45 bits per heavy atom. The number of ether oxygens (including phenoxy) is 1. The van der Waals surface area contributed by atoms with Gasteiger partial charge in [-0.3, -0.25) is 4.79 Å². The van der Waals surface area contributed by atoms with E-state index < -0.39 is 17.7 Å². The van der Waals surface area contributed by atoms with Crippen LogP contribution in [0, 0.1) is 11.3 Å². The molecule has 0 fully saturated rings. The summed E-state index contributed by atoms with van der Waals surface area (Å²) in [5, 5.41) is 14.8. The maximum absolute atomic E-state index is 12.3. The van der Waals surface area contributed by atoms with Gasteiger partial charge in [0.05, 0.1) is 11.6 Å². The molecule has 1 atom stereocenters. The van der Waals surface area contributed by atoms with Crippen molar-refractivity contribution in [1.82, 2.24) is 5.32 Å². The lowest BCUT2D eigenvalue weighted by Gasteiger charge is -2.22. The zero-order valence-corrected chi connectivity index (χ0v) is 12.9. The smallest absolute Gasteiger partial charge is 0.408 e. The van der Waals surface area contributed by atoms with Gasteiger partial charge in [0.2, 0.25) is 0 Å². The standard InChI is InChI=1S/C16H19N3O3/c1-16(2,3)22-15(21)19-13-9-18-12-6-4-5-10(8-17)11(12)7-14(13)20/h4-6,13,18H,7,9H2,1-3H3,(H,19,21)/t13-/m0/s1. The van der Waals surface area contributed by atoms with E-state index in [2.05, 4.69) is 16.7 Å². The van der Waals surface area contributed by atoms with E-state index >= 15 is 0 Å². The van der Waals surface area contributed by atoms with Gasteiger partial charge in [-0.2, -0.15) is 5.26 Å². The minimum atomic E-state index is -0.686. The minimum absolute atomic E-state index is 0.104. The van der Waals surface area contributed by atoms with Crippen LogP contribution < -0.4 is 10.6 Å². The number of alkyl carbamates (subject to hydrolysis) is 1. The largest absolute Gasteiger partial charge is 0.444 e. The number of fused-ring (bicyclic) bond motifs is 1. The molecule has 116 valence electrons. The molecule has 22 heavy (non-hydrogen) atoms. The van der Waals surface area contributed by atoms with Crippen molar-refractivity contribution in [2.24, 2.45) is 0 Å². The quantitative estimate of drug-likeness (QED) is 0.827. The van der Waals surface area contributed by atoms with Crippen molar-refractivity contribution in [3.05, 3.63) is 29.3 Å². The predicted octanol–water partition coefficient (Wildman–Crippen LogP) is 1.99. The normalized spacial score (nSPS) is 17.5. The molecule has 1 aromatic rings. The molecule has 1 aliphatic rings. The number of nitrogens with zero attached hydrogens (tertiary/aromatic N) is 1. The van der Waals surface area contributed by atoms with Crippen LogP contribution in [-0.2, 0) is 16.0 Å². The van der Waals surface area contributed by atoms with E-state index in [1.54, 1.807) is 32.9 Å². The fourth-order valence-corrected chi connectivity index (χ4v) is 2.25. The van der Waals surface area contributed by atoms with Crippen molar-refractivity contribution in [3.63, 3.8) is 0 Å². The summed E-state index contributed by atoms with van der Waals surface area (Å²) < 4.78 is 5.17. The molecule has 6 heteroatoms. The first-order valence-electron chi connectivity index (χ1n) is 7.08. The molecule has 0 radical (unpaired) electrons. The number of rotatable bonds is 1. The number of nitriles is 1. The van der Waals surface area contributed by atoms with Gasteiger partial charge in [0.25, 0.3) is 0 Å². The van der Waals surface area contributed by atoms with E-state index in [0.717, 1.165) is 5.69 Å². The molecule has 1 amide bonds. The van der Waals surface area contributed by atoms with Crippen molar-refractivity contribution >= 4 is 17.6 Å². The van der Waals surface area contributed by atoms with E-state index in [-0.39, 0.29) is 18.7 Å². The van der Waals surface area contributed by atoms with Crippen LogP contribution in [0.3, 0.4) is 0 Å². The van der Waals surface area contributed by atoms with Crippen LogP contribution in [-0.4, -0.2) is 30.1 Å². The Labute approximate surface area is 129 Å². The number of ketones is 1.